The minimum absolute atomic E-state index is 0.178. The lowest BCUT2D eigenvalue weighted by molar-refractivity contribution is -0.671. The van der Waals surface area contributed by atoms with E-state index in [2.05, 4.69) is 33.6 Å². The summed E-state index contributed by atoms with van der Waals surface area (Å²) < 4.78 is 6.32. The van der Waals surface area contributed by atoms with E-state index < -0.39 is 5.41 Å². The van der Waals surface area contributed by atoms with Crippen molar-refractivity contribution >= 4 is 5.91 Å². The maximum absolute atomic E-state index is 11.9. The van der Waals surface area contributed by atoms with Crippen molar-refractivity contribution in [2.75, 3.05) is 0 Å². The van der Waals surface area contributed by atoms with E-state index in [4.69, 9.17) is 5.73 Å². The van der Waals surface area contributed by atoms with Gasteiger partial charge in [0, 0.05) is 30.3 Å². The first-order chi connectivity index (χ1) is 10.9. The van der Waals surface area contributed by atoms with Gasteiger partial charge in [0.2, 0.25) is 12.2 Å². The Morgan fingerprint density at radius 1 is 1.39 bits per heavy atom. The second kappa shape index (κ2) is 6.98. The zero-order chi connectivity index (χ0) is 17.0. The number of aryl methyl sites for hydroxylation is 1. The molecule has 0 aliphatic carbocycles. The molecule has 0 radical (unpaired) electrons. The van der Waals surface area contributed by atoms with Crippen molar-refractivity contribution in [1.29, 1.82) is 0 Å². The van der Waals surface area contributed by atoms with Crippen molar-refractivity contribution in [3.8, 4) is 0 Å². The molecule has 2 heterocycles. The Balaban J connectivity index is 2.20. The van der Waals surface area contributed by atoms with Gasteiger partial charge >= 0.3 is 0 Å². The van der Waals surface area contributed by atoms with Crippen LogP contribution in [0.15, 0.2) is 37.4 Å². The highest BCUT2D eigenvalue weighted by molar-refractivity contribution is 5.80. The van der Waals surface area contributed by atoms with E-state index in [0.717, 1.165) is 12.8 Å². The lowest BCUT2D eigenvalue weighted by Crippen LogP contribution is -2.36. The molecule has 2 aromatic heterocycles. The second-order valence-electron chi connectivity index (χ2n) is 6.76. The van der Waals surface area contributed by atoms with Crippen molar-refractivity contribution in [3.63, 3.8) is 0 Å². The molecule has 2 aromatic rings. The van der Waals surface area contributed by atoms with Crippen LogP contribution >= 0.6 is 0 Å². The smallest absolute Gasteiger partial charge is 0.243 e. The average Bonchev–Trinajstić information content (AvgIpc) is 3.17. The number of hydrogen-bond donors (Lipinski definition) is 1. The first-order valence-corrected chi connectivity index (χ1v) is 8.15. The normalized spacial score (nSPS) is 16.7. The average molecular weight is 318 g/mol. The Morgan fingerprint density at radius 3 is 2.61 bits per heavy atom. The second-order valence-corrected chi connectivity index (χ2v) is 6.76. The van der Waals surface area contributed by atoms with Crippen LogP contribution in [0.3, 0.4) is 0 Å². The summed E-state index contributed by atoms with van der Waals surface area (Å²) in [6, 6.07) is 0.496. The molecule has 0 aliphatic rings. The molecular formula is C17H28N5O+. The summed E-state index contributed by atoms with van der Waals surface area (Å²) >= 11 is 0. The minimum atomic E-state index is -0.504. The first kappa shape index (κ1) is 17.2. The van der Waals surface area contributed by atoms with Crippen molar-refractivity contribution < 1.29 is 9.36 Å². The van der Waals surface area contributed by atoms with Crippen molar-refractivity contribution in [2.24, 2.45) is 18.2 Å². The van der Waals surface area contributed by atoms with Crippen LogP contribution in [0.1, 0.15) is 52.1 Å². The number of amides is 1. The van der Waals surface area contributed by atoms with Crippen LogP contribution in [0.2, 0.25) is 0 Å². The Hall–Kier alpha value is -2.11. The van der Waals surface area contributed by atoms with Gasteiger partial charge in [-0.25, -0.2) is 14.1 Å². The summed E-state index contributed by atoms with van der Waals surface area (Å²) in [6.45, 7) is 6.17. The van der Waals surface area contributed by atoms with E-state index in [9.17, 15) is 4.79 Å². The molecule has 0 spiro atoms. The standard InChI is InChI=1S/C17H27N5O/c1-5-17(3,16(18)23)11-15(21-7-6-19-12-21)10-14(2)22-9-8-20(4)13-22/h6-9,12-15H,5,10-11H2,1-4H3,(H-,18,23)/p+1. The van der Waals surface area contributed by atoms with Gasteiger partial charge in [0.05, 0.1) is 19.4 Å². The fraction of sp³-hybridized carbons (Fsp3) is 0.588. The van der Waals surface area contributed by atoms with Crippen LogP contribution < -0.4 is 10.3 Å². The predicted molar refractivity (Wildman–Crippen MR) is 88.4 cm³/mol. The lowest BCUT2D eigenvalue weighted by Gasteiger charge is -2.31. The maximum Gasteiger partial charge on any atom is 0.243 e. The van der Waals surface area contributed by atoms with Gasteiger partial charge in [0.1, 0.15) is 12.4 Å². The number of aromatic nitrogens is 4. The number of nitrogens with two attached hydrogens (primary N) is 1. The molecule has 2 rings (SSSR count). The molecule has 3 atom stereocenters. The molecule has 3 unspecified atom stereocenters. The fourth-order valence-electron chi connectivity index (χ4n) is 2.98. The van der Waals surface area contributed by atoms with Crippen molar-refractivity contribution in [3.05, 3.63) is 37.4 Å². The van der Waals surface area contributed by atoms with Gasteiger partial charge in [-0.3, -0.25) is 4.79 Å². The minimum Gasteiger partial charge on any atom is -0.369 e. The number of nitrogens with zero attached hydrogens (tertiary/aromatic N) is 4. The van der Waals surface area contributed by atoms with Crippen LogP contribution in [0, 0.1) is 5.41 Å². The number of rotatable bonds is 8. The molecule has 0 aromatic carbocycles. The number of carbonyl (C=O) groups is 1. The highest BCUT2D eigenvalue weighted by Crippen LogP contribution is 2.35. The highest BCUT2D eigenvalue weighted by atomic mass is 16.1. The van der Waals surface area contributed by atoms with Crippen LogP contribution in [-0.4, -0.2) is 20.0 Å². The number of primary amides is 1. The van der Waals surface area contributed by atoms with Gasteiger partial charge < -0.3 is 10.3 Å². The topological polar surface area (TPSA) is 69.7 Å². The molecule has 1 amide bonds. The van der Waals surface area contributed by atoms with E-state index in [0.29, 0.717) is 12.5 Å². The molecule has 6 nitrogen and oxygen atoms in total. The molecule has 0 aliphatic heterocycles. The maximum atomic E-state index is 11.9. The van der Waals surface area contributed by atoms with Crippen molar-refractivity contribution in [2.45, 2.75) is 52.1 Å². The third kappa shape index (κ3) is 4.00. The van der Waals surface area contributed by atoms with Crippen LogP contribution in [0.4, 0.5) is 0 Å². The molecule has 23 heavy (non-hydrogen) atoms. The fourth-order valence-corrected chi connectivity index (χ4v) is 2.98. The first-order valence-electron chi connectivity index (χ1n) is 8.15. The Kier molecular flexibility index (Phi) is 5.23. The summed E-state index contributed by atoms with van der Waals surface area (Å²) in [5.74, 6) is -0.231. The zero-order valence-corrected chi connectivity index (χ0v) is 14.5. The van der Waals surface area contributed by atoms with Gasteiger partial charge in [0.15, 0.2) is 0 Å². The molecule has 2 N–H and O–H groups in total. The third-order valence-corrected chi connectivity index (χ3v) is 4.92. The molecule has 126 valence electrons. The number of hydrogen-bond acceptors (Lipinski definition) is 2. The summed E-state index contributed by atoms with van der Waals surface area (Å²) in [4.78, 5) is 16.1. The highest BCUT2D eigenvalue weighted by Gasteiger charge is 2.34. The Morgan fingerprint density at radius 2 is 2.13 bits per heavy atom. The summed E-state index contributed by atoms with van der Waals surface area (Å²) in [6.07, 6.45) is 14.1. The van der Waals surface area contributed by atoms with E-state index in [1.54, 1.807) is 6.20 Å². The summed E-state index contributed by atoms with van der Waals surface area (Å²) in [7, 11) is 2.01. The van der Waals surface area contributed by atoms with Gasteiger partial charge in [-0.05, 0) is 19.8 Å². The van der Waals surface area contributed by atoms with Gasteiger partial charge in [-0.2, -0.15) is 0 Å². The molecular weight excluding hydrogens is 290 g/mol. The van der Waals surface area contributed by atoms with Gasteiger partial charge in [-0.1, -0.05) is 13.8 Å². The molecule has 6 heteroatoms. The van der Waals surface area contributed by atoms with Crippen molar-refractivity contribution in [1.82, 2.24) is 14.1 Å². The van der Waals surface area contributed by atoms with E-state index in [1.807, 2.05) is 44.2 Å². The van der Waals surface area contributed by atoms with Crippen LogP contribution in [0.25, 0.3) is 0 Å². The molecule has 0 saturated carbocycles. The Bertz CT molecular complexity index is 633. The predicted octanol–water partition coefficient (Wildman–Crippen LogP) is 1.99. The summed E-state index contributed by atoms with van der Waals surface area (Å²) in [5.41, 5.74) is 5.15. The molecule has 0 fully saturated rings. The number of carbonyl (C=O) groups excluding carboxylic acids is 1. The summed E-state index contributed by atoms with van der Waals surface area (Å²) in [5, 5.41) is 0. The zero-order valence-electron chi connectivity index (χ0n) is 14.5. The third-order valence-electron chi connectivity index (χ3n) is 4.92. The lowest BCUT2D eigenvalue weighted by atomic mass is 9.79. The monoisotopic (exact) mass is 318 g/mol. The Labute approximate surface area is 137 Å². The largest absolute Gasteiger partial charge is 0.369 e. The number of imidazole rings is 2. The van der Waals surface area contributed by atoms with Gasteiger partial charge in [0.25, 0.3) is 0 Å². The quantitative estimate of drug-likeness (QED) is 0.756. The van der Waals surface area contributed by atoms with Gasteiger partial charge in [-0.15, -0.1) is 0 Å². The van der Waals surface area contributed by atoms with E-state index >= 15 is 0 Å². The van der Waals surface area contributed by atoms with E-state index in [-0.39, 0.29) is 11.9 Å². The van der Waals surface area contributed by atoms with E-state index in [1.165, 1.54) is 0 Å². The van der Waals surface area contributed by atoms with Crippen LogP contribution in [0.5, 0.6) is 0 Å². The SMILES string of the molecule is CCC(C)(CC(CC(C)n1cc[n+](C)c1)n1ccnc1)C(N)=O. The molecule has 0 saturated heterocycles. The van der Waals surface area contributed by atoms with Crippen LogP contribution in [-0.2, 0) is 11.8 Å². The molecule has 0 bridgehead atoms.